The number of carbonyl (C=O) groups excluding carboxylic acids is 1. The predicted molar refractivity (Wildman–Crippen MR) is 108 cm³/mol. The molecule has 5 rings (SSSR count). The van der Waals surface area contributed by atoms with Gasteiger partial charge in [0.1, 0.15) is 0 Å². The number of para-hydroxylation sites is 1. The zero-order valence-corrected chi connectivity index (χ0v) is 15.3. The lowest BCUT2D eigenvalue weighted by Gasteiger charge is -2.37. The Labute approximate surface area is 154 Å². The number of carbonyl (C=O) groups is 1. The van der Waals surface area contributed by atoms with Crippen molar-refractivity contribution < 1.29 is 4.79 Å². The molecule has 0 bridgehead atoms. The molecule has 132 valence electrons. The van der Waals surface area contributed by atoms with Crippen LogP contribution in [0.25, 0.3) is 11.6 Å². The topological polar surface area (TPSA) is 23.6 Å². The van der Waals surface area contributed by atoms with E-state index in [1.54, 1.807) is 0 Å². The van der Waals surface area contributed by atoms with Gasteiger partial charge in [0.15, 0.2) is 0 Å². The summed E-state index contributed by atoms with van der Waals surface area (Å²) in [5.41, 5.74) is 8.52. The average molecular weight is 344 g/mol. The molecule has 0 saturated heterocycles. The molecule has 3 heterocycles. The highest BCUT2D eigenvalue weighted by Gasteiger charge is 2.31. The first-order valence-corrected chi connectivity index (χ1v) is 9.80. The van der Waals surface area contributed by atoms with Crippen LogP contribution in [-0.4, -0.2) is 25.5 Å². The minimum absolute atomic E-state index is 0.127. The van der Waals surface area contributed by atoms with E-state index in [1.807, 2.05) is 30.0 Å². The second-order valence-electron chi connectivity index (χ2n) is 7.51. The number of likely N-dealkylation sites (N-methyl/N-ethyl adjacent to an activating group) is 1. The molecule has 0 unspecified atom stereocenters. The number of amides is 1. The SMILES string of the molecule is CCN1C(=O)/C(=C\c2cc3c4c(c2)CCCN4CCC3)c2ccccc21. The van der Waals surface area contributed by atoms with Crippen molar-refractivity contribution in [3.63, 3.8) is 0 Å². The molecule has 3 nitrogen and oxygen atoms in total. The molecule has 0 atom stereocenters. The van der Waals surface area contributed by atoms with E-state index in [2.05, 4.69) is 29.2 Å². The quantitative estimate of drug-likeness (QED) is 0.759. The molecule has 2 aromatic rings. The van der Waals surface area contributed by atoms with Crippen molar-refractivity contribution in [1.29, 1.82) is 0 Å². The first-order chi connectivity index (χ1) is 12.8. The second kappa shape index (κ2) is 6.01. The molecule has 3 aliphatic heterocycles. The van der Waals surface area contributed by atoms with E-state index in [0.29, 0.717) is 6.54 Å². The summed E-state index contributed by atoms with van der Waals surface area (Å²) >= 11 is 0. The standard InChI is InChI=1S/C23H24N2O/c1-2-25-21-10-4-3-9-19(21)20(23(25)26)15-16-13-17-7-5-11-24-12-6-8-18(14-16)22(17)24/h3-4,9-10,13-15H,2,5-8,11-12H2,1H3/b20-15-. The van der Waals surface area contributed by atoms with Gasteiger partial charge in [-0.25, -0.2) is 0 Å². The lowest BCUT2D eigenvalue weighted by atomic mass is 9.89. The van der Waals surface area contributed by atoms with Gasteiger partial charge in [0.05, 0.1) is 5.69 Å². The fourth-order valence-electron chi connectivity index (χ4n) is 4.84. The Bertz CT molecular complexity index is 897. The number of aryl methyl sites for hydroxylation is 2. The Morgan fingerprint density at radius 3 is 2.42 bits per heavy atom. The molecular formula is C23H24N2O. The zero-order chi connectivity index (χ0) is 17.7. The normalized spacial score (nSPS) is 19.7. The van der Waals surface area contributed by atoms with Gasteiger partial charge in [-0.15, -0.1) is 0 Å². The summed E-state index contributed by atoms with van der Waals surface area (Å²) < 4.78 is 0. The molecule has 0 radical (unpaired) electrons. The summed E-state index contributed by atoms with van der Waals surface area (Å²) in [6.45, 7) is 5.13. The van der Waals surface area contributed by atoms with Crippen molar-refractivity contribution in [2.75, 3.05) is 29.4 Å². The summed E-state index contributed by atoms with van der Waals surface area (Å²) in [5.74, 6) is 0.127. The van der Waals surface area contributed by atoms with Crippen LogP contribution in [-0.2, 0) is 17.6 Å². The van der Waals surface area contributed by atoms with Gasteiger partial charge in [0.2, 0.25) is 0 Å². The van der Waals surface area contributed by atoms with Crippen LogP contribution in [0.1, 0.15) is 42.0 Å². The van der Waals surface area contributed by atoms with E-state index in [1.165, 1.54) is 48.3 Å². The summed E-state index contributed by atoms with van der Waals surface area (Å²) in [4.78, 5) is 17.4. The number of benzene rings is 2. The number of rotatable bonds is 2. The third-order valence-corrected chi connectivity index (χ3v) is 5.94. The van der Waals surface area contributed by atoms with Gasteiger partial charge in [0.25, 0.3) is 5.91 Å². The van der Waals surface area contributed by atoms with Gasteiger partial charge >= 0.3 is 0 Å². The van der Waals surface area contributed by atoms with Crippen LogP contribution in [0, 0.1) is 0 Å². The maximum absolute atomic E-state index is 13.0. The van der Waals surface area contributed by atoms with Crippen molar-refractivity contribution in [3.05, 3.63) is 58.7 Å². The van der Waals surface area contributed by atoms with Crippen LogP contribution in [0.3, 0.4) is 0 Å². The number of anilines is 2. The van der Waals surface area contributed by atoms with Gasteiger partial charge < -0.3 is 9.80 Å². The summed E-state index contributed by atoms with van der Waals surface area (Å²) in [7, 11) is 0. The van der Waals surface area contributed by atoms with Crippen molar-refractivity contribution >= 4 is 28.9 Å². The van der Waals surface area contributed by atoms with Gasteiger partial charge in [0, 0.05) is 36.5 Å². The fourth-order valence-corrected chi connectivity index (χ4v) is 4.84. The third kappa shape index (κ3) is 2.30. The van der Waals surface area contributed by atoms with Crippen LogP contribution in [0.4, 0.5) is 11.4 Å². The van der Waals surface area contributed by atoms with E-state index < -0.39 is 0 Å². The van der Waals surface area contributed by atoms with E-state index in [4.69, 9.17) is 0 Å². The summed E-state index contributed by atoms with van der Waals surface area (Å²) in [6, 6.07) is 12.8. The molecule has 0 spiro atoms. The van der Waals surface area contributed by atoms with E-state index in [-0.39, 0.29) is 5.91 Å². The first kappa shape index (κ1) is 15.7. The van der Waals surface area contributed by atoms with Crippen LogP contribution < -0.4 is 9.80 Å². The molecule has 3 heteroatoms. The molecule has 0 saturated carbocycles. The first-order valence-electron chi connectivity index (χ1n) is 9.80. The number of fused-ring (bicyclic) bond motifs is 1. The lowest BCUT2D eigenvalue weighted by Crippen LogP contribution is -2.34. The van der Waals surface area contributed by atoms with Crippen molar-refractivity contribution in [3.8, 4) is 0 Å². The number of nitrogens with zero attached hydrogens (tertiary/aromatic N) is 2. The van der Waals surface area contributed by atoms with Crippen molar-refractivity contribution in [2.45, 2.75) is 32.6 Å². The van der Waals surface area contributed by atoms with Crippen molar-refractivity contribution in [1.82, 2.24) is 0 Å². The van der Waals surface area contributed by atoms with Crippen LogP contribution in [0.15, 0.2) is 36.4 Å². The zero-order valence-electron chi connectivity index (χ0n) is 15.3. The smallest absolute Gasteiger partial charge is 0.258 e. The molecule has 3 aliphatic rings. The summed E-state index contributed by atoms with van der Waals surface area (Å²) in [6.07, 6.45) is 6.89. The van der Waals surface area contributed by atoms with Gasteiger partial charge in [-0.3, -0.25) is 4.79 Å². The molecule has 1 amide bonds. The van der Waals surface area contributed by atoms with Crippen LogP contribution >= 0.6 is 0 Å². The Hall–Kier alpha value is -2.55. The third-order valence-electron chi connectivity index (χ3n) is 5.94. The Morgan fingerprint density at radius 2 is 1.73 bits per heavy atom. The second-order valence-corrected chi connectivity index (χ2v) is 7.51. The molecule has 0 aliphatic carbocycles. The summed E-state index contributed by atoms with van der Waals surface area (Å²) in [5, 5.41) is 0. The fraction of sp³-hybridized carbons (Fsp3) is 0.348. The predicted octanol–water partition coefficient (Wildman–Crippen LogP) is 4.29. The Morgan fingerprint density at radius 1 is 1.04 bits per heavy atom. The average Bonchev–Trinajstić information content (AvgIpc) is 2.93. The van der Waals surface area contributed by atoms with Gasteiger partial charge in [-0.05, 0) is 73.6 Å². The molecule has 0 N–H and O–H groups in total. The highest BCUT2D eigenvalue weighted by molar-refractivity contribution is 6.35. The molecule has 2 aromatic carbocycles. The molecule has 26 heavy (non-hydrogen) atoms. The van der Waals surface area contributed by atoms with Crippen molar-refractivity contribution in [2.24, 2.45) is 0 Å². The monoisotopic (exact) mass is 344 g/mol. The maximum atomic E-state index is 13.0. The molecule has 0 fully saturated rings. The lowest BCUT2D eigenvalue weighted by molar-refractivity contribution is -0.112. The minimum Gasteiger partial charge on any atom is -0.371 e. The van der Waals surface area contributed by atoms with E-state index in [0.717, 1.165) is 29.7 Å². The number of hydrogen-bond donors (Lipinski definition) is 0. The molecule has 0 aromatic heterocycles. The minimum atomic E-state index is 0.127. The van der Waals surface area contributed by atoms with E-state index in [9.17, 15) is 4.79 Å². The van der Waals surface area contributed by atoms with Crippen LogP contribution in [0.5, 0.6) is 0 Å². The van der Waals surface area contributed by atoms with E-state index >= 15 is 0 Å². The Balaban J connectivity index is 1.63. The highest BCUT2D eigenvalue weighted by atomic mass is 16.2. The van der Waals surface area contributed by atoms with Gasteiger partial charge in [-0.1, -0.05) is 18.2 Å². The highest BCUT2D eigenvalue weighted by Crippen LogP contribution is 2.40. The largest absolute Gasteiger partial charge is 0.371 e. The van der Waals surface area contributed by atoms with Crippen LogP contribution in [0.2, 0.25) is 0 Å². The molecular weight excluding hydrogens is 320 g/mol. The maximum Gasteiger partial charge on any atom is 0.258 e. The Kier molecular flexibility index (Phi) is 3.63. The van der Waals surface area contributed by atoms with Gasteiger partial charge in [-0.2, -0.15) is 0 Å². The number of hydrogen-bond acceptors (Lipinski definition) is 2.